The van der Waals surface area contributed by atoms with Crippen LogP contribution in [-0.4, -0.2) is 47.6 Å². The van der Waals surface area contributed by atoms with E-state index in [9.17, 15) is 4.79 Å². The maximum Gasteiger partial charge on any atom is 0.264 e. The van der Waals surface area contributed by atoms with Crippen molar-refractivity contribution in [1.82, 2.24) is 15.2 Å². The van der Waals surface area contributed by atoms with Crippen molar-refractivity contribution in [2.45, 2.75) is 6.17 Å². The summed E-state index contributed by atoms with van der Waals surface area (Å²) >= 11 is 1.51. The highest BCUT2D eigenvalue weighted by molar-refractivity contribution is 7.12. The summed E-state index contributed by atoms with van der Waals surface area (Å²) in [5, 5.41) is 6.69. The molecule has 3 heterocycles. The predicted molar refractivity (Wildman–Crippen MR) is 116 cm³/mol. The van der Waals surface area contributed by atoms with Crippen LogP contribution in [0.4, 0.5) is 0 Å². The first-order valence-corrected chi connectivity index (χ1v) is 10.7. The van der Waals surface area contributed by atoms with Crippen molar-refractivity contribution in [3.63, 3.8) is 0 Å². The molecule has 0 radical (unpaired) electrons. The first-order valence-electron chi connectivity index (χ1n) is 9.86. The van der Waals surface area contributed by atoms with Crippen molar-refractivity contribution in [1.29, 1.82) is 0 Å². The molecule has 1 unspecified atom stereocenters. The fourth-order valence-corrected chi connectivity index (χ4v) is 4.73. The number of carbonyl (C=O) groups is 1. The van der Waals surface area contributed by atoms with Gasteiger partial charge >= 0.3 is 0 Å². The van der Waals surface area contributed by atoms with Crippen LogP contribution >= 0.6 is 11.3 Å². The van der Waals surface area contributed by atoms with Gasteiger partial charge < -0.3 is 4.90 Å². The zero-order valence-electron chi connectivity index (χ0n) is 16.0. The Morgan fingerprint density at radius 2 is 1.69 bits per heavy atom. The average Bonchev–Trinajstić information content (AvgIpc) is 3.34. The lowest BCUT2D eigenvalue weighted by molar-refractivity contribution is 0.0529. The summed E-state index contributed by atoms with van der Waals surface area (Å²) in [5.41, 5.74) is 7.86. The molecule has 0 spiro atoms. The molecule has 2 aliphatic rings. The van der Waals surface area contributed by atoms with Gasteiger partial charge in [-0.05, 0) is 17.0 Å². The number of carbonyl (C=O) groups excluding carboxylic acids is 1. The Hall–Kier alpha value is -2.96. The standard InChI is InChI=1S/C23H22N4OS/c28-23(20-11-6-16-29-20)27-14-12-26(13-15-27)22-19-10-5-4-9-18(19)21(24-25-22)17-7-2-1-3-8-17/h1-11,16,22,25H,12-15H2. The second-order valence-corrected chi connectivity index (χ2v) is 8.20. The Bertz CT molecular complexity index is 1020. The highest BCUT2D eigenvalue weighted by Crippen LogP contribution is 2.29. The molecule has 0 bridgehead atoms. The number of nitrogens with zero attached hydrogens (tertiary/aromatic N) is 3. The van der Waals surface area contributed by atoms with Crippen LogP contribution in [0.1, 0.15) is 32.5 Å². The summed E-state index contributed by atoms with van der Waals surface area (Å²) in [6.07, 6.45) is 0.0256. The van der Waals surface area contributed by atoms with Gasteiger partial charge in [-0.2, -0.15) is 5.10 Å². The third kappa shape index (κ3) is 3.45. The van der Waals surface area contributed by atoms with Gasteiger partial charge in [-0.1, -0.05) is 60.7 Å². The average molecular weight is 403 g/mol. The molecule has 1 aromatic heterocycles. The predicted octanol–water partition coefficient (Wildman–Crippen LogP) is 3.56. The lowest BCUT2D eigenvalue weighted by Gasteiger charge is -2.40. The van der Waals surface area contributed by atoms with Crippen LogP contribution in [0.25, 0.3) is 0 Å². The molecule has 1 N–H and O–H groups in total. The monoisotopic (exact) mass is 402 g/mol. The van der Waals surface area contributed by atoms with Gasteiger partial charge in [-0.15, -0.1) is 11.3 Å². The van der Waals surface area contributed by atoms with Crippen LogP contribution in [-0.2, 0) is 0 Å². The number of benzene rings is 2. The first-order chi connectivity index (χ1) is 14.3. The van der Waals surface area contributed by atoms with Crippen LogP contribution in [0.3, 0.4) is 0 Å². The number of piperazine rings is 1. The second-order valence-electron chi connectivity index (χ2n) is 7.25. The van der Waals surface area contributed by atoms with E-state index in [0.29, 0.717) is 0 Å². The molecule has 146 valence electrons. The van der Waals surface area contributed by atoms with Crippen LogP contribution in [0.5, 0.6) is 0 Å². The molecule has 5 nitrogen and oxygen atoms in total. The third-order valence-corrected chi connectivity index (χ3v) is 6.41. The Morgan fingerprint density at radius 3 is 2.45 bits per heavy atom. The first kappa shape index (κ1) is 18.1. The number of thiophene rings is 1. The molecule has 1 atom stereocenters. The number of hydrazone groups is 1. The summed E-state index contributed by atoms with van der Waals surface area (Å²) in [6, 6.07) is 22.6. The van der Waals surface area contributed by atoms with Crippen LogP contribution in [0.2, 0.25) is 0 Å². The molecule has 0 aliphatic carbocycles. The maximum atomic E-state index is 12.6. The zero-order valence-corrected chi connectivity index (χ0v) is 16.8. The quantitative estimate of drug-likeness (QED) is 0.729. The zero-order chi connectivity index (χ0) is 19.6. The van der Waals surface area contributed by atoms with Crippen molar-refractivity contribution in [3.05, 3.63) is 93.7 Å². The molecule has 3 aromatic rings. The van der Waals surface area contributed by atoms with E-state index in [2.05, 4.69) is 46.7 Å². The minimum Gasteiger partial charge on any atom is -0.335 e. The van der Waals surface area contributed by atoms with Gasteiger partial charge in [0.2, 0.25) is 0 Å². The van der Waals surface area contributed by atoms with Gasteiger partial charge in [0.1, 0.15) is 6.17 Å². The summed E-state index contributed by atoms with van der Waals surface area (Å²) in [4.78, 5) is 17.8. The molecule has 1 amide bonds. The van der Waals surface area contributed by atoms with E-state index in [-0.39, 0.29) is 12.1 Å². The van der Waals surface area contributed by atoms with Crippen molar-refractivity contribution < 1.29 is 4.79 Å². The molecule has 29 heavy (non-hydrogen) atoms. The van der Waals surface area contributed by atoms with E-state index < -0.39 is 0 Å². The van der Waals surface area contributed by atoms with E-state index in [0.717, 1.165) is 42.3 Å². The topological polar surface area (TPSA) is 47.9 Å². The number of hydrogen-bond acceptors (Lipinski definition) is 5. The van der Waals surface area contributed by atoms with Gasteiger partial charge in [0.05, 0.1) is 10.6 Å². The molecule has 6 heteroatoms. The van der Waals surface area contributed by atoms with Gasteiger partial charge in [0, 0.05) is 37.3 Å². The molecular weight excluding hydrogens is 380 g/mol. The Kier molecular flexibility index (Phi) is 4.87. The van der Waals surface area contributed by atoms with E-state index in [1.807, 2.05) is 40.6 Å². The fraction of sp³-hybridized carbons (Fsp3) is 0.217. The number of fused-ring (bicyclic) bond motifs is 1. The minimum atomic E-state index is 0.0256. The van der Waals surface area contributed by atoms with Crippen molar-refractivity contribution in [2.75, 3.05) is 26.2 Å². The van der Waals surface area contributed by atoms with E-state index in [1.54, 1.807) is 0 Å². The van der Waals surface area contributed by atoms with Crippen LogP contribution < -0.4 is 5.43 Å². The molecule has 5 rings (SSSR count). The maximum absolute atomic E-state index is 12.6. The summed E-state index contributed by atoms with van der Waals surface area (Å²) in [6.45, 7) is 3.09. The number of nitrogens with one attached hydrogen (secondary N) is 1. The SMILES string of the molecule is O=C(c1cccs1)N1CCN(C2NN=C(c3ccccc3)c3ccccc32)CC1. The van der Waals surface area contributed by atoms with Crippen molar-refractivity contribution in [2.24, 2.45) is 5.10 Å². The van der Waals surface area contributed by atoms with Crippen LogP contribution in [0, 0.1) is 0 Å². The second kappa shape index (κ2) is 7.81. The summed E-state index contributed by atoms with van der Waals surface area (Å²) in [5.74, 6) is 0.140. The smallest absolute Gasteiger partial charge is 0.264 e. The molecule has 1 fully saturated rings. The van der Waals surface area contributed by atoms with Gasteiger partial charge in [0.25, 0.3) is 5.91 Å². The lowest BCUT2D eigenvalue weighted by atomic mass is 9.94. The highest BCUT2D eigenvalue weighted by Gasteiger charge is 2.31. The Morgan fingerprint density at radius 1 is 0.931 bits per heavy atom. The molecule has 2 aliphatic heterocycles. The van der Waals surface area contributed by atoms with Gasteiger partial charge in [-0.3, -0.25) is 15.1 Å². The normalized spacial score (nSPS) is 19.2. The molecule has 1 saturated heterocycles. The summed E-state index contributed by atoms with van der Waals surface area (Å²) in [7, 11) is 0. The summed E-state index contributed by atoms with van der Waals surface area (Å²) < 4.78 is 0. The largest absolute Gasteiger partial charge is 0.335 e. The fourth-order valence-electron chi connectivity index (χ4n) is 4.04. The van der Waals surface area contributed by atoms with Crippen molar-refractivity contribution in [3.8, 4) is 0 Å². The number of hydrogen-bond donors (Lipinski definition) is 1. The lowest BCUT2D eigenvalue weighted by Crippen LogP contribution is -2.52. The number of amides is 1. The van der Waals surface area contributed by atoms with E-state index >= 15 is 0 Å². The molecule has 0 saturated carbocycles. The molecular formula is C23H22N4OS. The Balaban J connectivity index is 1.34. The number of rotatable bonds is 3. The van der Waals surface area contributed by atoms with Gasteiger partial charge in [0.15, 0.2) is 0 Å². The Labute approximate surface area is 174 Å². The van der Waals surface area contributed by atoms with E-state index in [1.165, 1.54) is 22.5 Å². The van der Waals surface area contributed by atoms with Gasteiger partial charge in [-0.25, -0.2) is 0 Å². The van der Waals surface area contributed by atoms with E-state index in [4.69, 9.17) is 5.10 Å². The van der Waals surface area contributed by atoms with Crippen molar-refractivity contribution >= 4 is 23.0 Å². The minimum absolute atomic E-state index is 0.0256. The highest BCUT2D eigenvalue weighted by atomic mass is 32.1. The molecule has 2 aromatic carbocycles. The third-order valence-electron chi connectivity index (χ3n) is 5.55. The van der Waals surface area contributed by atoms with Crippen LogP contribution in [0.15, 0.2) is 77.2 Å².